The zero-order valence-electron chi connectivity index (χ0n) is 10.5. The molecule has 2 aromatic rings. The van der Waals surface area contributed by atoms with E-state index < -0.39 is 0 Å². The van der Waals surface area contributed by atoms with Gasteiger partial charge < -0.3 is 25.0 Å². The van der Waals surface area contributed by atoms with Crippen LogP contribution in [-0.2, 0) is 6.42 Å². The molecule has 8 heteroatoms. The maximum Gasteiger partial charge on any atom is 0.253 e. The summed E-state index contributed by atoms with van der Waals surface area (Å²) in [6.07, 6.45) is 1.72. The lowest BCUT2D eigenvalue weighted by Crippen LogP contribution is -2.26. The van der Waals surface area contributed by atoms with Gasteiger partial charge in [0.1, 0.15) is 0 Å². The van der Waals surface area contributed by atoms with Crippen LogP contribution in [0, 0.1) is 0 Å². The molecule has 1 amide bonds. The van der Waals surface area contributed by atoms with Crippen LogP contribution >= 0.6 is 0 Å². The highest BCUT2D eigenvalue weighted by atomic mass is 16.7. The van der Waals surface area contributed by atoms with Crippen molar-refractivity contribution in [1.82, 2.24) is 15.5 Å². The molecule has 1 aliphatic rings. The average molecular weight is 276 g/mol. The number of carbonyl (C=O) groups is 1. The van der Waals surface area contributed by atoms with E-state index in [1.165, 1.54) is 6.39 Å². The van der Waals surface area contributed by atoms with Crippen molar-refractivity contribution >= 4 is 11.6 Å². The Bertz CT molecular complexity index is 627. The van der Waals surface area contributed by atoms with E-state index in [1.807, 2.05) is 0 Å². The number of carbonyl (C=O) groups excluding carboxylic acids is 1. The van der Waals surface area contributed by atoms with Gasteiger partial charge in [0.25, 0.3) is 5.91 Å². The normalized spacial score (nSPS) is 12.4. The maximum absolute atomic E-state index is 12.0. The minimum atomic E-state index is -0.288. The van der Waals surface area contributed by atoms with Gasteiger partial charge in [-0.1, -0.05) is 5.16 Å². The lowest BCUT2D eigenvalue weighted by molar-refractivity contribution is 0.0954. The van der Waals surface area contributed by atoms with Crippen LogP contribution in [0.1, 0.15) is 16.2 Å². The molecule has 0 radical (unpaired) electrons. The van der Waals surface area contributed by atoms with E-state index in [2.05, 4.69) is 20.0 Å². The second-order valence-electron chi connectivity index (χ2n) is 4.15. The fourth-order valence-corrected chi connectivity index (χ4v) is 1.84. The standard InChI is InChI=1S/C12H12N4O4/c13-8-4-10-9(18-6-19-10)3-7(8)12(17)14-2-1-11-15-5-20-16-11/h3-5H,1-2,6,13H2,(H,14,17). The van der Waals surface area contributed by atoms with Gasteiger partial charge >= 0.3 is 0 Å². The van der Waals surface area contributed by atoms with Gasteiger partial charge in [0, 0.05) is 24.7 Å². The zero-order valence-corrected chi connectivity index (χ0v) is 10.5. The number of hydrogen-bond acceptors (Lipinski definition) is 7. The van der Waals surface area contributed by atoms with Crippen LogP contribution in [0.25, 0.3) is 0 Å². The number of benzene rings is 1. The maximum atomic E-state index is 12.0. The minimum Gasteiger partial charge on any atom is -0.454 e. The average Bonchev–Trinajstić information content (AvgIpc) is 3.08. The van der Waals surface area contributed by atoms with Gasteiger partial charge in [-0.2, -0.15) is 4.98 Å². The van der Waals surface area contributed by atoms with E-state index in [1.54, 1.807) is 12.1 Å². The molecule has 104 valence electrons. The van der Waals surface area contributed by atoms with Crippen molar-refractivity contribution in [2.75, 3.05) is 19.1 Å². The molecule has 1 aliphatic heterocycles. The summed E-state index contributed by atoms with van der Waals surface area (Å²) in [4.78, 5) is 15.9. The second-order valence-corrected chi connectivity index (χ2v) is 4.15. The topological polar surface area (TPSA) is 113 Å². The Hall–Kier alpha value is -2.77. The Morgan fingerprint density at radius 2 is 2.15 bits per heavy atom. The monoisotopic (exact) mass is 276 g/mol. The molecule has 3 N–H and O–H groups in total. The number of ether oxygens (including phenoxy) is 2. The second kappa shape index (κ2) is 5.08. The number of rotatable bonds is 4. The van der Waals surface area contributed by atoms with Gasteiger partial charge in [0.2, 0.25) is 13.2 Å². The van der Waals surface area contributed by atoms with Crippen LogP contribution in [0.2, 0.25) is 0 Å². The zero-order chi connectivity index (χ0) is 13.9. The lowest BCUT2D eigenvalue weighted by Gasteiger charge is -2.07. The molecule has 0 saturated heterocycles. The summed E-state index contributed by atoms with van der Waals surface area (Å²) in [5.41, 5.74) is 6.51. The van der Waals surface area contributed by atoms with Crippen molar-refractivity contribution in [3.8, 4) is 11.5 Å². The lowest BCUT2D eigenvalue weighted by atomic mass is 10.1. The first-order valence-electron chi connectivity index (χ1n) is 5.96. The molecule has 0 saturated carbocycles. The van der Waals surface area contributed by atoms with Crippen molar-refractivity contribution in [2.24, 2.45) is 0 Å². The van der Waals surface area contributed by atoms with E-state index in [0.717, 1.165) is 0 Å². The molecular weight excluding hydrogens is 264 g/mol. The first kappa shape index (κ1) is 12.3. The Balaban J connectivity index is 1.65. The molecular formula is C12H12N4O4. The number of amides is 1. The van der Waals surface area contributed by atoms with E-state index >= 15 is 0 Å². The molecule has 1 aromatic heterocycles. The van der Waals surface area contributed by atoms with Crippen molar-refractivity contribution in [3.63, 3.8) is 0 Å². The van der Waals surface area contributed by atoms with Crippen molar-refractivity contribution in [3.05, 3.63) is 29.9 Å². The number of anilines is 1. The molecule has 0 spiro atoms. The third-order valence-electron chi connectivity index (χ3n) is 2.83. The predicted octanol–water partition coefficient (Wildman–Crippen LogP) is 0.353. The first-order chi connectivity index (χ1) is 9.74. The first-order valence-corrected chi connectivity index (χ1v) is 5.96. The molecule has 0 fully saturated rings. The number of fused-ring (bicyclic) bond motifs is 1. The summed E-state index contributed by atoms with van der Waals surface area (Å²) in [6, 6.07) is 3.15. The fourth-order valence-electron chi connectivity index (χ4n) is 1.84. The Morgan fingerprint density at radius 3 is 2.90 bits per heavy atom. The highest BCUT2D eigenvalue weighted by Crippen LogP contribution is 2.35. The van der Waals surface area contributed by atoms with E-state index in [9.17, 15) is 4.79 Å². The minimum absolute atomic E-state index is 0.137. The quantitative estimate of drug-likeness (QED) is 0.775. The molecule has 0 unspecified atom stereocenters. The predicted molar refractivity (Wildman–Crippen MR) is 67.3 cm³/mol. The number of nitrogens with two attached hydrogens (primary N) is 1. The van der Waals surface area contributed by atoms with Crippen LogP contribution in [0.5, 0.6) is 11.5 Å². The van der Waals surface area contributed by atoms with Crippen LogP contribution in [0.4, 0.5) is 5.69 Å². The molecule has 1 aromatic carbocycles. The largest absolute Gasteiger partial charge is 0.454 e. The molecule has 0 bridgehead atoms. The number of aromatic nitrogens is 2. The van der Waals surface area contributed by atoms with Gasteiger partial charge in [0.15, 0.2) is 17.3 Å². The summed E-state index contributed by atoms with van der Waals surface area (Å²) < 4.78 is 15.0. The van der Waals surface area contributed by atoms with Crippen molar-refractivity contribution in [1.29, 1.82) is 0 Å². The summed E-state index contributed by atoms with van der Waals surface area (Å²) in [6.45, 7) is 0.518. The smallest absolute Gasteiger partial charge is 0.253 e. The van der Waals surface area contributed by atoms with E-state index in [-0.39, 0.29) is 12.7 Å². The van der Waals surface area contributed by atoms with Crippen molar-refractivity contribution < 1.29 is 18.8 Å². The number of nitrogens with one attached hydrogen (secondary N) is 1. The van der Waals surface area contributed by atoms with E-state index in [0.29, 0.717) is 41.5 Å². The Labute approximate surface area is 113 Å². The van der Waals surface area contributed by atoms with Gasteiger partial charge in [-0.3, -0.25) is 4.79 Å². The fraction of sp³-hybridized carbons (Fsp3) is 0.250. The van der Waals surface area contributed by atoms with Gasteiger partial charge in [-0.15, -0.1) is 0 Å². The van der Waals surface area contributed by atoms with Crippen LogP contribution in [0.15, 0.2) is 23.0 Å². The molecule has 8 nitrogen and oxygen atoms in total. The Kier molecular flexibility index (Phi) is 3.12. The van der Waals surface area contributed by atoms with E-state index in [4.69, 9.17) is 15.2 Å². The molecule has 0 aliphatic carbocycles. The summed E-state index contributed by atoms with van der Waals surface area (Å²) in [7, 11) is 0. The number of nitrogen functional groups attached to an aromatic ring is 1. The molecule has 3 rings (SSSR count). The van der Waals surface area contributed by atoms with Gasteiger partial charge in [-0.05, 0) is 6.07 Å². The summed E-state index contributed by atoms with van der Waals surface area (Å²) in [5, 5.41) is 6.38. The third-order valence-corrected chi connectivity index (χ3v) is 2.83. The number of hydrogen-bond donors (Lipinski definition) is 2. The highest BCUT2D eigenvalue weighted by Gasteiger charge is 2.19. The molecule has 2 heterocycles. The van der Waals surface area contributed by atoms with Crippen LogP contribution < -0.4 is 20.5 Å². The van der Waals surface area contributed by atoms with Gasteiger partial charge in [-0.25, -0.2) is 0 Å². The van der Waals surface area contributed by atoms with Crippen LogP contribution in [-0.4, -0.2) is 29.4 Å². The summed E-state index contributed by atoms with van der Waals surface area (Å²) >= 11 is 0. The summed E-state index contributed by atoms with van der Waals surface area (Å²) in [5.74, 6) is 1.31. The molecule has 0 atom stereocenters. The third kappa shape index (κ3) is 2.35. The van der Waals surface area contributed by atoms with Gasteiger partial charge in [0.05, 0.1) is 5.56 Å². The SMILES string of the molecule is Nc1cc2c(cc1C(=O)NCCc1ncon1)OCO2. The van der Waals surface area contributed by atoms with Crippen molar-refractivity contribution in [2.45, 2.75) is 6.42 Å². The highest BCUT2D eigenvalue weighted by molar-refractivity contribution is 6.00. The number of nitrogens with zero attached hydrogens (tertiary/aromatic N) is 2. The Morgan fingerprint density at radius 1 is 1.35 bits per heavy atom. The molecule has 20 heavy (non-hydrogen) atoms. The van der Waals surface area contributed by atoms with Crippen LogP contribution in [0.3, 0.4) is 0 Å².